The standard InChI is InChI=1S/C11H20F3NS/c1-3-16-10-5-4-9(6-10)15-8(2)7-11(12,13)14/h8-10,15H,3-7H2,1-2H3. The van der Waals surface area contributed by atoms with Gasteiger partial charge in [-0.3, -0.25) is 0 Å². The fourth-order valence-corrected chi connectivity index (χ4v) is 3.43. The summed E-state index contributed by atoms with van der Waals surface area (Å²) in [7, 11) is 0. The first-order chi connectivity index (χ1) is 7.40. The highest BCUT2D eigenvalue weighted by Crippen LogP contribution is 2.30. The summed E-state index contributed by atoms with van der Waals surface area (Å²) >= 11 is 1.92. The van der Waals surface area contributed by atoms with Crippen molar-refractivity contribution < 1.29 is 13.2 Å². The summed E-state index contributed by atoms with van der Waals surface area (Å²) in [6.45, 7) is 3.74. The molecule has 1 aliphatic carbocycles. The second-order valence-corrected chi connectivity index (χ2v) is 6.05. The molecule has 0 spiro atoms. The van der Waals surface area contributed by atoms with Crippen LogP contribution in [0, 0.1) is 0 Å². The van der Waals surface area contributed by atoms with Crippen molar-refractivity contribution in [1.29, 1.82) is 0 Å². The second kappa shape index (κ2) is 6.15. The fraction of sp³-hybridized carbons (Fsp3) is 1.00. The molecule has 0 radical (unpaired) electrons. The number of hydrogen-bond acceptors (Lipinski definition) is 2. The molecule has 5 heteroatoms. The van der Waals surface area contributed by atoms with E-state index in [2.05, 4.69) is 12.2 Å². The Labute approximate surface area is 99.6 Å². The Bertz CT molecular complexity index is 208. The van der Waals surface area contributed by atoms with Crippen LogP contribution in [-0.4, -0.2) is 29.3 Å². The summed E-state index contributed by atoms with van der Waals surface area (Å²) in [4.78, 5) is 0. The van der Waals surface area contributed by atoms with Gasteiger partial charge in [0.25, 0.3) is 0 Å². The first-order valence-corrected chi connectivity index (χ1v) is 6.90. The van der Waals surface area contributed by atoms with E-state index in [1.165, 1.54) is 0 Å². The fourth-order valence-electron chi connectivity index (χ4n) is 2.29. The van der Waals surface area contributed by atoms with Crippen LogP contribution in [0.1, 0.15) is 39.5 Å². The minimum Gasteiger partial charge on any atom is -0.311 e. The smallest absolute Gasteiger partial charge is 0.311 e. The maximum atomic E-state index is 12.1. The van der Waals surface area contributed by atoms with Crippen molar-refractivity contribution in [3.8, 4) is 0 Å². The molecule has 1 aliphatic rings. The van der Waals surface area contributed by atoms with E-state index in [0.29, 0.717) is 5.25 Å². The van der Waals surface area contributed by atoms with Crippen LogP contribution in [0.5, 0.6) is 0 Å². The molecule has 0 bridgehead atoms. The van der Waals surface area contributed by atoms with E-state index < -0.39 is 18.6 Å². The van der Waals surface area contributed by atoms with E-state index in [4.69, 9.17) is 0 Å². The van der Waals surface area contributed by atoms with Gasteiger partial charge in [0.15, 0.2) is 0 Å². The summed E-state index contributed by atoms with van der Waals surface area (Å²) in [5.74, 6) is 1.09. The van der Waals surface area contributed by atoms with Gasteiger partial charge < -0.3 is 5.32 Å². The van der Waals surface area contributed by atoms with Crippen molar-refractivity contribution in [1.82, 2.24) is 5.32 Å². The zero-order valence-corrected chi connectivity index (χ0v) is 10.6. The van der Waals surface area contributed by atoms with E-state index in [9.17, 15) is 13.2 Å². The van der Waals surface area contributed by atoms with Gasteiger partial charge in [-0.15, -0.1) is 0 Å². The van der Waals surface area contributed by atoms with E-state index in [1.54, 1.807) is 6.92 Å². The highest BCUT2D eigenvalue weighted by atomic mass is 32.2. The first-order valence-electron chi connectivity index (χ1n) is 5.85. The van der Waals surface area contributed by atoms with Gasteiger partial charge in [0, 0.05) is 17.3 Å². The zero-order valence-electron chi connectivity index (χ0n) is 9.81. The van der Waals surface area contributed by atoms with E-state index in [1.807, 2.05) is 11.8 Å². The third-order valence-electron chi connectivity index (χ3n) is 2.84. The van der Waals surface area contributed by atoms with Gasteiger partial charge in [-0.2, -0.15) is 24.9 Å². The number of halogens is 3. The molecule has 1 nitrogen and oxygen atoms in total. The Kier molecular flexibility index (Phi) is 5.44. The lowest BCUT2D eigenvalue weighted by atomic mass is 10.1. The maximum Gasteiger partial charge on any atom is 0.390 e. The lowest BCUT2D eigenvalue weighted by Crippen LogP contribution is -2.37. The Balaban J connectivity index is 2.23. The molecule has 3 unspecified atom stereocenters. The van der Waals surface area contributed by atoms with Gasteiger partial charge in [0.05, 0.1) is 6.42 Å². The normalized spacial score (nSPS) is 28.3. The molecule has 0 amide bonds. The van der Waals surface area contributed by atoms with Gasteiger partial charge in [0.2, 0.25) is 0 Å². The van der Waals surface area contributed by atoms with E-state index in [0.717, 1.165) is 25.0 Å². The van der Waals surface area contributed by atoms with Crippen LogP contribution in [-0.2, 0) is 0 Å². The van der Waals surface area contributed by atoms with Crippen molar-refractivity contribution in [2.75, 3.05) is 5.75 Å². The molecule has 3 atom stereocenters. The molecular weight excluding hydrogens is 235 g/mol. The Morgan fingerprint density at radius 2 is 2.06 bits per heavy atom. The molecule has 0 heterocycles. The number of alkyl halides is 3. The molecule has 1 N–H and O–H groups in total. The zero-order chi connectivity index (χ0) is 12.2. The van der Waals surface area contributed by atoms with Gasteiger partial charge in [0.1, 0.15) is 0 Å². The predicted octanol–water partition coefficient (Wildman–Crippen LogP) is 3.59. The number of rotatable bonds is 5. The first kappa shape index (κ1) is 14.2. The van der Waals surface area contributed by atoms with Crippen molar-refractivity contribution in [2.45, 2.75) is 63.0 Å². The Hall–Kier alpha value is 0.100. The molecule has 16 heavy (non-hydrogen) atoms. The van der Waals surface area contributed by atoms with E-state index >= 15 is 0 Å². The van der Waals surface area contributed by atoms with Crippen molar-refractivity contribution in [2.24, 2.45) is 0 Å². The van der Waals surface area contributed by atoms with Crippen LogP contribution in [0.2, 0.25) is 0 Å². The summed E-state index contributed by atoms with van der Waals surface area (Å²) in [6.07, 6.45) is -1.62. The molecule has 0 saturated heterocycles. The lowest BCUT2D eigenvalue weighted by molar-refractivity contribution is -0.139. The van der Waals surface area contributed by atoms with Crippen molar-refractivity contribution >= 4 is 11.8 Å². The maximum absolute atomic E-state index is 12.1. The molecule has 1 rings (SSSR count). The third kappa shape index (κ3) is 5.43. The second-order valence-electron chi connectivity index (χ2n) is 4.47. The largest absolute Gasteiger partial charge is 0.390 e. The molecule has 96 valence electrons. The Morgan fingerprint density at radius 1 is 1.38 bits per heavy atom. The minimum absolute atomic E-state index is 0.279. The van der Waals surface area contributed by atoms with Gasteiger partial charge in [-0.25, -0.2) is 0 Å². The highest BCUT2D eigenvalue weighted by Gasteiger charge is 2.32. The SMILES string of the molecule is CCSC1CCC(NC(C)CC(F)(F)F)C1. The highest BCUT2D eigenvalue weighted by molar-refractivity contribution is 7.99. The van der Waals surface area contributed by atoms with Gasteiger partial charge in [-0.1, -0.05) is 6.92 Å². The van der Waals surface area contributed by atoms with Crippen molar-refractivity contribution in [3.63, 3.8) is 0 Å². The summed E-state index contributed by atoms with van der Waals surface area (Å²) in [5.41, 5.74) is 0. The molecular formula is C11H20F3NS. The summed E-state index contributed by atoms with van der Waals surface area (Å²) < 4.78 is 36.4. The Morgan fingerprint density at radius 3 is 2.62 bits per heavy atom. The van der Waals surface area contributed by atoms with Gasteiger partial charge >= 0.3 is 6.18 Å². The molecule has 0 aliphatic heterocycles. The molecule has 1 fully saturated rings. The topological polar surface area (TPSA) is 12.0 Å². The lowest BCUT2D eigenvalue weighted by Gasteiger charge is -2.20. The van der Waals surface area contributed by atoms with Crippen LogP contribution in [0.25, 0.3) is 0 Å². The third-order valence-corrected chi connectivity index (χ3v) is 4.08. The average molecular weight is 255 g/mol. The molecule has 1 saturated carbocycles. The van der Waals surface area contributed by atoms with Crippen LogP contribution in [0.15, 0.2) is 0 Å². The number of hydrogen-bond donors (Lipinski definition) is 1. The van der Waals surface area contributed by atoms with Crippen LogP contribution < -0.4 is 5.32 Å². The summed E-state index contributed by atoms with van der Waals surface area (Å²) in [5, 5.41) is 3.73. The summed E-state index contributed by atoms with van der Waals surface area (Å²) in [6, 6.07) is -0.184. The van der Waals surface area contributed by atoms with Crippen LogP contribution >= 0.6 is 11.8 Å². The number of nitrogens with one attached hydrogen (secondary N) is 1. The molecule has 0 aromatic carbocycles. The monoisotopic (exact) mass is 255 g/mol. The number of thioether (sulfide) groups is 1. The minimum atomic E-state index is -4.05. The van der Waals surface area contributed by atoms with Crippen LogP contribution in [0.3, 0.4) is 0 Å². The predicted molar refractivity (Wildman–Crippen MR) is 62.8 cm³/mol. The van der Waals surface area contributed by atoms with Crippen molar-refractivity contribution in [3.05, 3.63) is 0 Å². The van der Waals surface area contributed by atoms with E-state index in [-0.39, 0.29) is 6.04 Å². The molecule has 0 aromatic heterocycles. The average Bonchev–Trinajstić information content (AvgIpc) is 2.49. The quantitative estimate of drug-likeness (QED) is 0.805. The van der Waals surface area contributed by atoms with Crippen LogP contribution in [0.4, 0.5) is 13.2 Å². The molecule has 0 aromatic rings. The van der Waals surface area contributed by atoms with Gasteiger partial charge in [-0.05, 0) is 31.9 Å².